The van der Waals surface area contributed by atoms with Crippen LogP contribution in [-0.4, -0.2) is 94.8 Å². The van der Waals surface area contributed by atoms with Gasteiger partial charge in [-0.25, -0.2) is 0 Å². The zero-order valence-corrected chi connectivity index (χ0v) is 16.5. The van der Waals surface area contributed by atoms with E-state index >= 15 is 0 Å². The molecule has 0 aromatic heterocycles. The third-order valence-electron chi connectivity index (χ3n) is 6.30. The lowest BCUT2D eigenvalue weighted by Crippen LogP contribution is -2.80. The van der Waals surface area contributed by atoms with E-state index in [-0.39, 0.29) is 19.1 Å². The zero-order valence-electron chi connectivity index (χ0n) is 16.5. The molecule has 0 bridgehead atoms. The molecule has 1 saturated carbocycles. The Labute approximate surface area is 160 Å². The Morgan fingerprint density at radius 2 is 1.78 bits per heavy atom. The van der Waals surface area contributed by atoms with Crippen molar-refractivity contribution in [3.05, 3.63) is 0 Å². The molecule has 0 aromatic rings. The molecule has 0 unspecified atom stereocenters. The molecule has 3 fully saturated rings. The minimum atomic E-state index is -2.13. The molecule has 0 radical (unpaired) electrons. The van der Waals surface area contributed by atoms with Gasteiger partial charge in [0, 0.05) is 18.9 Å². The van der Waals surface area contributed by atoms with Crippen molar-refractivity contribution in [2.24, 2.45) is 5.92 Å². The average Bonchev–Trinajstić information content (AvgIpc) is 2.61. The van der Waals surface area contributed by atoms with E-state index in [4.69, 9.17) is 14.2 Å². The van der Waals surface area contributed by atoms with E-state index in [2.05, 4.69) is 10.6 Å². The highest BCUT2D eigenvalue weighted by Crippen LogP contribution is 2.47. The SMILES string of the molecule is CCNC[C@]1(O)C[C@@H](C)O[C@H]2O[C@@H]3[C@@H](O)[C@H](CC)[C@H](O)[C@H](NC)[C@H]3O[C@]21O. The maximum atomic E-state index is 11.3. The molecule has 10 atom stereocenters. The predicted molar refractivity (Wildman–Crippen MR) is 95.8 cm³/mol. The zero-order chi connectivity index (χ0) is 20.0. The minimum absolute atomic E-state index is 0.0951. The molecule has 2 aliphatic heterocycles. The molecule has 3 rings (SSSR count). The number of aliphatic hydroxyl groups is 4. The van der Waals surface area contributed by atoms with Gasteiger partial charge in [-0.15, -0.1) is 0 Å². The normalized spacial score (nSPS) is 52.9. The van der Waals surface area contributed by atoms with Crippen LogP contribution in [0.1, 0.15) is 33.6 Å². The van der Waals surface area contributed by atoms with Gasteiger partial charge in [0.1, 0.15) is 17.8 Å². The molecule has 9 heteroatoms. The van der Waals surface area contributed by atoms with Crippen molar-refractivity contribution in [3.8, 4) is 0 Å². The number of rotatable bonds is 5. The molecule has 0 spiro atoms. The van der Waals surface area contributed by atoms with Gasteiger partial charge in [0.25, 0.3) is 0 Å². The van der Waals surface area contributed by atoms with Gasteiger partial charge in [-0.2, -0.15) is 0 Å². The van der Waals surface area contributed by atoms with Crippen LogP contribution < -0.4 is 10.6 Å². The van der Waals surface area contributed by atoms with Gasteiger partial charge in [0.2, 0.25) is 12.1 Å². The third kappa shape index (κ3) is 3.33. The van der Waals surface area contributed by atoms with E-state index in [1.165, 1.54) is 0 Å². The van der Waals surface area contributed by atoms with Crippen molar-refractivity contribution in [2.45, 2.75) is 87.9 Å². The first kappa shape index (κ1) is 21.4. The van der Waals surface area contributed by atoms with Crippen LogP contribution in [0.5, 0.6) is 0 Å². The summed E-state index contributed by atoms with van der Waals surface area (Å²) < 4.78 is 17.7. The summed E-state index contributed by atoms with van der Waals surface area (Å²) in [5, 5.41) is 50.1. The standard InChI is InChI=1S/C18H34N2O7/c1-5-10-12(21)11(19-4)14-15(13(10)22)26-16-18(24,27-14)17(23,8-20-6-2)7-9(3)25-16/h9-16,19-24H,5-8H2,1-4H3/t9-,10-,11+,12+,13+,14-,15-,16+,17-,18-/m1/s1. The van der Waals surface area contributed by atoms with E-state index in [0.29, 0.717) is 13.0 Å². The van der Waals surface area contributed by atoms with Crippen LogP contribution in [0.4, 0.5) is 0 Å². The summed E-state index contributed by atoms with van der Waals surface area (Å²) in [5.41, 5.74) is -1.65. The number of hydrogen-bond donors (Lipinski definition) is 6. The lowest BCUT2D eigenvalue weighted by Gasteiger charge is -2.60. The van der Waals surface area contributed by atoms with Crippen LogP contribution in [0.25, 0.3) is 0 Å². The minimum Gasteiger partial charge on any atom is -0.391 e. The predicted octanol–water partition coefficient (Wildman–Crippen LogP) is -1.72. The maximum Gasteiger partial charge on any atom is 0.249 e. The van der Waals surface area contributed by atoms with E-state index in [1.807, 2.05) is 13.8 Å². The molecule has 1 aliphatic carbocycles. The molecule has 9 nitrogen and oxygen atoms in total. The fraction of sp³-hybridized carbons (Fsp3) is 1.00. The van der Waals surface area contributed by atoms with Gasteiger partial charge in [0.05, 0.1) is 24.4 Å². The van der Waals surface area contributed by atoms with E-state index in [9.17, 15) is 20.4 Å². The monoisotopic (exact) mass is 390 g/mol. The van der Waals surface area contributed by atoms with E-state index in [0.717, 1.165) is 0 Å². The quantitative estimate of drug-likeness (QED) is 0.324. The molecule has 158 valence electrons. The number of nitrogens with one attached hydrogen (secondary N) is 2. The summed E-state index contributed by atoms with van der Waals surface area (Å²) in [7, 11) is 1.68. The molecular formula is C18H34N2O7. The lowest BCUT2D eigenvalue weighted by molar-refractivity contribution is -0.483. The van der Waals surface area contributed by atoms with Crippen LogP contribution in [0.15, 0.2) is 0 Å². The maximum absolute atomic E-state index is 11.3. The van der Waals surface area contributed by atoms with Crippen LogP contribution in [0, 0.1) is 5.92 Å². The summed E-state index contributed by atoms with van der Waals surface area (Å²) >= 11 is 0. The van der Waals surface area contributed by atoms with Gasteiger partial charge in [-0.05, 0) is 26.9 Å². The number of aliphatic hydroxyl groups excluding tert-OH is 2. The number of hydrogen-bond acceptors (Lipinski definition) is 9. The first-order chi connectivity index (χ1) is 12.7. The summed E-state index contributed by atoms with van der Waals surface area (Å²) in [6.07, 6.45) is -4.41. The molecule has 3 aliphatic rings. The topological polar surface area (TPSA) is 133 Å². The van der Waals surface area contributed by atoms with Gasteiger partial charge in [0.15, 0.2) is 0 Å². The highest BCUT2D eigenvalue weighted by Gasteiger charge is 2.68. The first-order valence-corrected chi connectivity index (χ1v) is 9.90. The van der Waals surface area contributed by atoms with Crippen LogP contribution in [0.3, 0.4) is 0 Å². The first-order valence-electron chi connectivity index (χ1n) is 9.90. The Hall–Kier alpha value is -0.360. The number of ether oxygens (including phenoxy) is 3. The van der Waals surface area contributed by atoms with Crippen LogP contribution in [0.2, 0.25) is 0 Å². The van der Waals surface area contributed by atoms with Gasteiger partial charge >= 0.3 is 0 Å². The summed E-state index contributed by atoms with van der Waals surface area (Å²) in [5.74, 6) is -2.53. The second kappa shape index (κ2) is 7.81. The number of likely N-dealkylation sites (N-methyl/N-ethyl adjacent to an activating group) is 2. The Morgan fingerprint density at radius 3 is 2.37 bits per heavy atom. The lowest BCUT2D eigenvalue weighted by atomic mass is 9.74. The van der Waals surface area contributed by atoms with Crippen molar-refractivity contribution in [1.29, 1.82) is 0 Å². The van der Waals surface area contributed by atoms with Gasteiger partial charge in [-0.3, -0.25) is 0 Å². The van der Waals surface area contributed by atoms with E-state index in [1.54, 1.807) is 14.0 Å². The second-order valence-electron chi connectivity index (χ2n) is 8.04. The average molecular weight is 390 g/mol. The fourth-order valence-electron chi connectivity index (χ4n) is 4.78. The number of fused-ring (bicyclic) bond motifs is 2. The fourth-order valence-corrected chi connectivity index (χ4v) is 4.78. The van der Waals surface area contributed by atoms with Crippen molar-refractivity contribution in [1.82, 2.24) is 10.6 Å². The van der Waals surface area contributed by atoms with Crippen LogP contribution in [-0.2, 0) is 14.2 Å². The summed E-state index contributed by atoms with van der Waals surface area (Å²) in [6.45, 7) is 6.28. The van der Waals surface area contributed by atoms with Gasteiger partial charge in [-0.1, -0.05) is 13.8 Å². The second-order valence-corrected chi connectivity index (χ2v) is 8.04. The molecule has 27 heavy (non-hydrogen) atoms. The molecule has 2 heterocycles. The van der Waals surface area contributed by atoms with Crippen molar-refractivity contribution in [3.63, 3.8) is 0 Å². The van der Waals surface area contributed by atoms with Crippen molar-refractivity contribution < 1.29 is 34.6 Å². The highest BCUT2D eigenvalue weighted by molar-refractivity contribution is 5.10. The van der Waals surface area contributed by atoms with Crippen molar-refractivity contribution >= 4 is 0 Å². The largest absolute Gasteiger partial charge is 0.391 e. The van der Waals surface area contributed by atoms with Crippen molar-refractivity contribution in [2.75, 3.05) is 20.1 Å². The molecule has 0 aromatic carbocycles. The molecule has 2 saturated heterocycles. The summed E-state index contributed by atoms with van der Waals surface area (Å²) in [6, 6.07) is -0.573. The highest BCUT2D eigenvalue weighted by atomic mass is 16.8. The molecule has 0 amide bonds. The smallest absolute Gasteiger partial charge is 0.249 e. The van der Waals surface area contributed by atoms with Gasteiger partial charge < -0.3 is 45.3 Å². The Balaban J connectivity index is 1.94. The Morgan fingerprint density at radius 1 is 1.07 bits per heavy atom. The Bertz CT molecular complexity index is 526. The van der Waals surface area contributed by atoms with Crippen LogP contribution >= 0.6 is 0 Å². The Kier molecular flexibility index (Phi) is 6.18. The van der Waals surface area contributed by atoms with E-state index < -0.39 is 54.1 Å². The summed E-state index contributed by atoms with van der Waals surface area (Å²) in [4.78, 5) is 0. The molecular weight excluding hydrogens is 356 g/mol. The molecule has 6 N–H and O–H groups in total. The third-order valence-corrected chi connectivity index (χ3v) is 6.30.